The highest BCUT2D eigenvalue weighted by Crippen LogP contribution is 2.43. The van der Waals surface area contributed by atoms with Crippen molar-refractivity contribution in [3.63, 3.8) is 0 Å². The first-order valence-corrected chi connectivity index (χ1v) is 10.2. The number of carbonyl (C=O) groups is 2. The number of nitrogen functional groups attached to an aromatic ring is 1. The van der Waals surface area contributed by atoms with Crippen LogP contribution in [-0.2, 0) is 4.79 Å². The fraction of sp³-hybridized carbons (Fsp3) is 0.455. The van der Waals surface area contributed by atoms with Gasteiger partial charge in [-0.05, 0) is 0 Å². The lowest BCUT2D eigenvalue weighted by molar-refractivity contribution is -0.134. The second-order valence-corrected chi connectivity index (χ2v) is 8.63. The number of aliphatic hydroxyl groups excluding tert-OH is 1. The van der Waals surface area contributed by atoms with Crippen LogP contribution >= 0.6 is 0 Å². The van der Waals surface area contributed by atoms with Crippen LogP contribution in [0.2, 0.25) is 0 Å². The summed E-state index contributed by atoms with van der Waals surface area (Å²) >= 11 is 0. The van der Waals surface area contributed by atoms with E-state index in [4.69, 9.17) is 5.73 Å². The standard InChI is InChI=1S/C22H27N5O3/c1-14(2)19(29)26-9-16-10-27(12-22(16,11-26)13-28)20(30)17-8-24-21(23)25-18(17)15-6-4-3-5-7-15/h3-8,14,16,28H,9-13H2,1-2H3,(H2,23,24,25)/t16-,22+/m1/s1. The Hall–Kier alpha value is -3.00. The molecular weight excluding hydrogens is 382 g/mol. The highest BCUT2D eigenvalue weighted by molar-refractivity contribution is 6.00. The quantitative estimate of drug-likeness (QED) is 0.787. The fourth-order valence-electron chi connectivity index (χ4n) is 4.63. The van der Waals surface area contributed by atoms with Gasteiger partial charge in [0.25, 0.3) is 5.91 Å². The Bertz CT molecular complexity index is 965. The Morgan fingerprint density at radius 2 is 1.87 bits per heavy atom. The van der Waals surface area contributed by atoms with Gasteiger partial charge in [0, 0.05) is 55.2 Å². The zero-order valence-corrected chi connectivity index (χ0v) is 17.3. The first-order chi connectivity index (χ1) is 14.3. The second kappa shape index (κ2) is 7.68. The maximum absolute atomic E-state index is 13.4. The van der Waals surface area contributed by atoms with Crippen molar-refractivity contribution < 1.29 is 14.7 Å². The molecule has 158 valence electrons. The summed E-state index contributed by atoms with van der Waals surface area (Å²) < 4.78 is 0. The largest absolute Gasteiger partial charge is 0.396 e. The van der Waals surface area contributed by atoms with E-state index >= 15 is 0 Å². The molecule has 2 atom stereocenters. The van der Waals surface area contributed by atoms with E-state index in [0.717, 1.165) is 5.56 Å². The van der Waals surface area contributed by atoms with Crippen LogP contribution in [0.1, 0.15) is 24.2 Å². The summed E-state index contributed by atoms with van der Waals surface area (Å²) in [5.41, 5.74) is 6.98. The van der Waals surface area contributed by atoms with Gasteiger partial charge < -0.3 is 20.6 Å². The van der Waals surface area contributed by atoms with Gasteiger partial charge >= 0.3 is 0 Å². The predicted octanol–water partition coefficient (Wildman–Crippen LogP) is 1.27. The molecule has 0 bridgehead atoms. The van der Waals surface area contributed by atoms with Crippen LogP contribution in [-0.4, -0.2) is 69.5 Å². The number of hydrogen-bond donors (Lipinski definition) is 2. The molecule has 8 nitrogen and oxygen atoms in total. The molecule has 2 aliphatic rings. The summed E-state index contributed by atoms with van der Waals surface area (Å²) in [7, 11) is 0. The number of nitrogens with two attached hydrogens (primary N) is 1. The number of benzene rings is 1. The average Bonchev–Trinajstić information content (AvgIpc) is 3.28. The van der Waals surface area contributed by atoms with Crippen molar-refractivity contribution >= 4 is 17.8 Å². The van der Waals surface area contributed by atoms with Crippen molar-refractivity contribution in [3.05, 3.63) is 42.1 Å². The highest BCUT2D eigenvalue weighted by Gasteiger charge is 2.54. The molecule has 2 fully saturated rings. The molecule has 0 saturated carbocycles. The number of carbonyl (C=O) groups excluding carboxylic acids is 2. The predicted molar refractivity (Wildman–Crippen MR) is 112 cm³/mol. The molecule has 3 N–H and O–H groups in total. The minimum atomic E-state index is -0.484. The highest BCUT2D eigenvalue weighted by atomic mass is 16.3. The van der Waals surface area contributed by atoms with Gasteiger partial charge in [-0.2, -0.15) is 0 Å². The van der Waals surface area contributed by atoms with Crippen LogP contribution in [0.5, 0.6) is 0 Å². The minimum Gasteiger partial charge on any atom is -0.396 e. The number of fused-ring (bicyclic) bond motifs is 1. The Kier molecular flexibility index (Phi) is 5.19. The van der Waals surface area contributed by atoms with Gasteiger partial charge in [0.2, 0.25) is 11.9 Å². The number of hydrogen-bond acceptors (Lipinski definition) is 6. The fourth-order valence-corrected chi connectivity index (χ4v) is 4.63. The second-order valence-electron chi connectivity index (χ2n) is 8.63. The summed E-state index contributed by atoms with van der Waals surface area (Å²) in [5.74, 6) is -0.0220. The van der Waals surface area contributed by atoms with Gasteiger partial charge in [-0.1, -0.05) is 44.2 Å². The van der Waals surface area contributed by atoms with Gasteiger partial charge in [0.15, 0.2) is 0 Å². The van der Waals surface area contributed by atoms with Gasteiger partial charge in [-0.25, -0.2) is 9.97 Å². The van der Waals surface area contributed by atoms with Crippen molar-refractivity contribution in [2.45, 2.75) is 13.8 Å². The van der Waals surface area contributed by atoms with Gasteiger partial charge in [0.1, 0.15) is 0 Å². The molecule has 3 heterocycles. The van der Waals surface area contributed by atoms with Gasteiger partial charge in [-0.15, -0.1) is 0 Å². The summed E-state index contributed by atoms with van der Waals surface area (Å²) in [4.78, 5) is 37.8. The molecule has 0 aliphatic carbocycles. The zero-order valence-electron chi connectivity index (χ0n) is 17.3. The van der Waals surface area contributed by atoms with Crippen LogP contribution < -0.4 is 5.73 Å². The monoisotopic (exact) mass is 409 g/mol. The molecule has 30 heavy (non-hydrogen) atoms. The molecule has 4 rings (SSSR count). The molecule has 8 heteroatoms. The number of aromatic nitrogens is 2. The molecule has 2 saturated heterocycles. The van der Waals surface area contributed by atoms with Crippen molar-refractivity contribution in [3.8, 4) is 11.3 Å². The first kappa shape index (κ1) is 20.3. The lowest BCUT2D eigenvalue weighted by Gasteiger charge is -2.28. The Morgan fingerprint density at radius 3 is 2.50 bits per heavy atom. The van der Waals surface area contributed by atoms with Crippen LogP contribution in [0.3, 0.4) is 0 Å². The topological polar surface area (TPSA) is 113 Å². The molecule has 2 aromatic rings. The van der Waals surface area contributed by atoms with E-state index in [9.17, 15) is 14.7 Å². The normalized spacial score (nSPS) is 23.1. The van der Waals surface area contributed by atoms with Gasteiger partial charge in [0.05, 0.1) is 17.9 Å². The lowest BCUT2D eigenvalue weighted by atomic mass is 9.82. The van der Waals surface area contributed by atoms with E-state index in [-0.39, 0.29) is 36.2 Å². The first-order valence-electron chi connectivity index (χ1n) is 10.2. The number of amides is 2. The third kappa shape index (κ3) is 3.41. The van der Waals surface area contributed by atoms with E-state index < -0.39 is 5.41 Å². The number of rotatable bonds is 4. The Balaban J connectivity index is 1.59. The summed E-state index contributed by atoms with van der Waals surface area (Å²) in [6.45, 7) is 5.61. The number of aliphatic hydroxyl groups is 1. The number of likely N-dealkylation sites (tertiary alicyclic amines) is 2. The summed E-state index contributed by atoms with van der Waals surface area (Å²) in [5, 5.41) is 10.2. The third-order valence-corrected chi connectivity index (χ3v) is 6.25. The number of nitrogens with zero attached hydrogens (tertiary/aromatic N) is 4. The van der Waals surface area contributed by atoms with Crippen LogP contribution in [0.4, 0.5) is 5.95 Å². The van der Waals surface area contributed by atoms with Crippen LogP contribution in [0.15, 0.2) is 36.5 Å². The van der Waals surface area contributed by atoms with E-state index in [2.05, 4.69) is 9.97 Å². The molecule has 1 aromatic carbocycles. The summed E-state index contributed by atoms with van der Waals surface area (Å²) in [6, 6.07) is 9.41. The van der Waals surface area contributed by atoms with Crippen molar-refractivity contribution in [1.29, 1.82) is 0 Å². The van der Waals surface area contributed by atoms with Crippen molar-refractivity contribution in [1.82, 2.24) is 19.8 Å². The summed E-state index contributed by atoms with van der Waals surface area (Å²) in [6.07, 6.45) is 1.47. The molecule has 0 spiro atoms. The van der Waals surface area contributed by atoms with Crippen molar-refractivity contribution in [2.24, 2.45) is 17.3 Å². The average molecular weight is 409 g/mol. The molecular formula is C22H27N5O3. The van der Waals surface area contributed by atoms with E-state index in [1.807, 2.05) is 49.1 Å². The molecule has 1 aromatic heterocycles. The van der Waals surface area contributed by atoms with Crippen LogP contribution in [0, 0.1) is 17.3 Å². The van der Waals surface area contributed by atoms with Crippen molar-refractivity contribution in [2.75, 3.05) is 38.5 Å². The van der Waals surface area contributed by atoms with Gasteiger partial charge in [-0.3, -0.25) is 9.59 Å². The van der Waals surface area contributed by atoms with E-state index in [1.54, 1.807) is 4.90 Å². The Labute approximate surface area is 175 Å². The molecule has 0 unspecified atom stereocenters. The molecule has 0 radical (unpaired) electrons. The SMILES string of the molecule is CC(C)C(=O)N1C[C@@H]2CN(C(=O)c3cnc(N)nc3-c3ccccc3)C[C@]2(CO)C1. The van der Waals surface area contributed by atoms with E-state index in [1.165, 1.54) is 6.20 Å². The number of anilines is 1. The molecule has 2 amide bonds. The lowest BCUT2D eigenvalue weighted by Crippen LogP contribution is -2.41. The maximum atomic E-state index is 13.4. The maximum Gasteiger partial charge on any atom is 0.257 e. The zero-order chi connectivity index (χ0) is 21.5. The van der Waals surface area contributed by atoms with Crippen LogP contribution in [0.25, 0.3) is 11.3 Å². The van der Waals surface area contributed by atoms with E-state index in [0.29, 0.717) is 37.4 Å². The molecule has 2 aliphatic heterocycles. The smallest absolute Gasteiger partial charge is 0.257 e. The Morgan fingerprint density at radius 1 is 1.20 bits per heavy atom. The third-order valence-electron chi connectivity index (χ3n) is 6.25. The minimum absolute atomic E-state index is 0.0454.